The molecule has 1 aromatic carbocycles. The Balaban J connectivity index is 2.97. The predicted octanol–water partition coefficient (Wildman–Crippen LogP) is 1.67. The van der Waals surface area contributed by atoms with Gasteiger partial charge in [0.2, 0.25) is 0 Å². The highest BCUT2D eigenvalue weighted by atomic mass is 16.5. The molecule has 2 aromatic rings. The van der Waals surface area contributed by atoms with E-state index < -0.39 is 0 Å². The van der Waals surface area contributed by atoms with Gasteiger partial charge in [0.05, 0.1) is 12.6 Å². The average Bonchev–Trinajstić information content (AvgIpc) is 2.40. The van der Waals surface area contributed by atoms with E-state index in [1.807, 2.05) is 19.9 Å². The van der Waals surface area contributed by atoms with Crippen LogP contribution < -0.4 is 16.0 Å². The van der Waals surface area contributed by atoms with Gasteiger partial charge in [-0.1, -0.05) is 0 Å². The second-order valence-corrected chi connectivity index (χ2v) is 4.87. The van der Waals surface area contributed by atoms with Gasteiger partial charge in [-0.2, -0.15) is 0 Å². The van der Waals surface area contributed by atoms with Gasteiger partial charge in [0, 0.05) is 18.0 Å². The van der Waals surface area contributed by atoms with E-state index in [2.05, 4.69) is 6.07 Å². The molecule has 0 bridgehead atoms. The third-order valence-electron chi connectivity index (χ3n) is 3.59. The molecule has 0 aliphatic heterocycles. The Bertz CT molecular complexity index is 687. The van der Waals surface area contributed by atoms with Crippen molar-refractivity contribution in [1.29, 1.82) is 0 Å². The minimum absolute atomic E-state index is 0.0117. The Morgan fingerprint density at radius 3 is 2.58 bits per heavy atom. The molecule has 0 saturated carbocycles. The molecule has 0 aliphatic rings. The third-order valence-corrected chi connectivity index (χ3v) is 3.59. The Kier molecular flexibility index (Phi) is 3.62. The summed E-state index contributed by atoms with van der Waals surface area (Å²) >= 11 is 0. The molecule has 19 heavy (non-hydrogen) atoms. The fraction of sp³-hybridized carbons (Fsp3) is 0.400. The van der Waals surface area contributed by atoms with Crippen LogP contribution in [-0.4, -0.2) is 18.2 Å². The zero-order valence-corrected chi connectivity index (χ0v) is 11.9. The number of fused-ring (bicyclic) bond motifs is 1. The first-order valence-electron chi connectivity index (χ1n) is 6.38. The van der Waals surface area contributed by atoms with E-state index in [9.17, 15) is 4.79 Å². The topological polar surface area (TPSA) is 57.2 Å². The summed E-state index contributed by atoms with van der Waals surface area (Å²) in [5, 5.41) is 1.06. The fourth-order valence-corrected chi connectivity index (χ4v) is 2.60. The zero-order chi connectivity index (χ0) is 14.2. The number of pyridine rings is 1. The molecule has 0 radical (unpaired) electrons. The van der Waals surface area contributed by atoms with E-state index in [1.165, 1.54) is 0 Å². The number of aromatic nitrogens is 1. The van der Waals surface area contributed by atoms with Gasteiger partial charge >= 0.3 is 0 Å². The summed E-state index contributed by atoms with van der Waals surface area (Å²) in [6.07, 6.45) is 0.602. The maximum atomic E-state index is 12.4. The summed E-state index contributed by atoms with van der Waals surface area (Å²) in [7, 11) is 3.41. The SMILES string of the molecule is COc1cc(C)cc2c(C)c(CCN)c(=O)n(C)c12. The first-order chi connectivity index (χ1) is 9.01. The van der Waals surface area contributed by atoms with Crippen LogP contribution in [0.25, 0.3) is 10.9 Å². The number of methoxy groups -OCH3 is 1. The van der Waals surface area contributed by atoms with Crippen LogP contribution in [0.3, 0.4) is 0 Å². The highest BCUT2D eigenvalue weighted by Gasteiger charge is 2.15. The van der Waals surface area contributed by atoms with E-state index in [0.29, 0.717) is 13.0 Å². The van der Waals surface area contributed by atoms with Crippen LogP contribution in [0.15, 0.2) is 16.9 Å². The molecule has 0 spiro atoms. The number of nitrogens with zero attached hydrogens (tertiary/aromatic N) is 1. The van der Waals surface area contributed by atoms with Crippen molar-refractivity contribution >= 4 is 10.9 Å². The molecule has 2 rings (SSSR count). The van der Waals surface area contributed by atoms with Crippen LogP contribution in [0, 0.1) is 13.8 Å². The normalized spacial score (nSPS) is 11.0. The molecule has 4 heteroatoms. The van der Waals surface area contributed by atoms with Crippen molar-refractivity contribution in [2.45, 2.75) is 20.3 Å². The van der Waals surface area contributed by atoms with Crippen molar-refractivity contribution in [2.75, 3.05) is 13.7 Å². The monoisotopic (exact) mass is 260 g/mol. The maximum Gasteiger partial charge on any atom is 0.254 e. The number of aryl methyl sites for hydroxylation is 3. The quantitative estimate of drug-likeness (QED) is 0.913. The second kappa shape index (κ2) is 5.05. The first-order valence-corrected chi connectivity index (χ1v) is 6.38. The van der Waals surface area contributed by atoms with E-state index >= 15 is 0 Å². The highest BCUT2D eigenvalue weighted by molar-refractivity contribution is 5.89. The minimum atomic E-state index is 0.0117. The van der Waals surface area contributed by atoms with Gasteiger partial charge in [0.15, 0.2) is 0 Å². The first kappa shape index (κ1) is 13.6. The van der Waals surface area contributed by atoms with Crippen LogP contribution in [0.5, 0.6) is 5.75 Å². The van der Waals surface area contributed by atoms with E-state index in [4.69, 9.17) is 10.5 Å². The molecular formula is C15H20N2O2. The van der Waals surface area contributed by atoms with Gasteiger partial charge in [-0.15, -0.1) is 0 Å². The van der Waals surface area contributed by atoms with Crippen LogP contribution >= 0.6 is 0 Å². The molecule has 0 fully saturated rings. The number of benzene rings is 1. The van der Waals surface area contributed by atoms with Gasteiger partial charge < -0.3 is 15.0 Å². The van der Waals surface area contributed by atoms with Crippen LogP contribution in [0.1, 0.15) is 16.7 Å². The van der Waals surface area contributed by atoms with Crippen LogP contribution in [0.2, 0.25) is 0 Å². The van der Waals surface area contributed by atoms with Gasteiger partial charge in [-0.3, -0.25) is 4.79 Å². The van der Waals surface area contributed by atoms with E-state index in [-0.39, 0.29) is 5.56 Å². The molecule has 0 atom stereocenters. The average molecular weight is 260 g/mol. The highest BCUT2D eigenvalue weighted by Crippen LogP contribution is 2.29. The summed E-state index contributed by atoms with van der Waals surface area (Å²) in [5.41, 5.74) is 9.38. The van der Waals surface area contributed by atoms with Gasteiger partial charge in [0.1, 0.15) is 5.75 Å². The lowest BCUT2D eigenvalue weighted by atomic mass is 10.00. The Labute approximate surface area is 112 Å². The summed E-state index contributed by atoms with van der Waals surface area (Å²) < 4.78 is 7.07. The number of hydrogen-bond acceptors (Lipinski definition) is 3. The number of nitrogens with two attached hydrogens (primary N) is 1. The molecular weight excluding hydrogens is 240 g/mol. The summed E-state index contributed by atoms with van der Waals surface area (Å²) in [6.45, 7) is 4.48. The maximum absolute atomic E-state index is 12.4. The third kappa shape index (κ3) is 2.12. The smallest absolute Gasteiger partial charge is 0.254 e. The van der Waals surface area contributed by atoms with Gasteiger partial charge in [0.25, 0.3) is 5.56 Å². The summed E-state index contributed by atoms with van der Waals surface area (Å²) in [6, 6.07) is 4.04. The number of ether oxygens (including phenoxy) is 1. The Hall–Kier alpha value is -1.81. The van der Waals surface area contributed by atoms with E-state index in [0.717, 1.165) is 33.3 Å². The standard InChI is InChI=1S/C15H20N2O2/c1-9-7-12-10(2)11(5-6-16)15(18)17(3)14(12)13(8-9)19-4/h7-8H,5-6,16H2,1-4H3. The number of hydrogen-bond donors (Lipinski definition) is 1. The van der Waals surface area contributed by atoms with Crippen molar-refractivity contribution in [1.82, 2.24) is 4.57 Å². The fourth-order valence-electron chi connectivity index (χ4n) is 2.60. The predicted molar refractivity (Wildman–Crippen MR) is 78.0 cm³/mol. The molecule has 1 heterocycles. The molecule has 2 N–H and O–H groups in total. The lowest BCUT2D eigenvalue weighted by Crippen LogP contribution is -2.25. The summed E-state index contributed by atoms with van der Waals surface area (Å²) in [5.74, 6) is 0.733. The summed E-state index contributed by atoms with van der Waals surface area (Å²) in [4.78, 5) is 12.4. The largest absolute Gasteiger partial charge is 0.495 e. The molecule has 0 amide bonds. The second-order valence-electron chi connectivity index (χ2n) is 4.87. The van der Waals surface area contributed by atoms with Crippen molar-refractivity contribution in [3.8, 4) is 5.75 Å². The van der Waals surface area contributed by atoms with Crippen molar-refractivity contribution in [3.05, 3.63) is 39.2 Å². The van der Waals surface area contributed by atoms with Crippen molar-refractivity contribution in [2.24, 2.45) is 12.8 Å². The van der Waals surface area contributed by atoms with Crippen molar-refractivity contribution in [3.63, 3.8) is 0 Å². The Morgan fingerprint density at radius 1 is 1.32 bits per heavy atom. The van der Waals surface area contributed by atoms with Crippen LogP contribution in [0.4, 0.5) is 0 Å². The molecule has 0 aliphatic carbocycles. The minimum Gasteiger partial charge on any atom is -0.495 e. The van der Waals surface area contributed by atoms with E-state index in [1.54, 1.807) is 18.7 Å². The molecule has 0 saturated heterocycles. The molecule has 1 aromatic heterocycles. The van der Waals surface area contributed by atoms with Crippen LogP contribution in [-0.2, 0) is 13.5 Å². The van der Waals surface area contributed by atoms with Crippen molar-refractivity contribution < 1.29 is 4.74 Å². The molecule has 102 valence electrons. The molecule has 0 unspecified atom stereocenters. The lowest BCUT2D eigenvalue weighted by Gasteiger charge is -2.16. The van der Waals surface area contributed by atoms with Gasteiger partial charge in [-0.05, 0) is 50.1 Å². The molecule has 4 nitrogen and oxygen atoms in total. The number of rotatable bonds is 3. The zero-order valence-electron chi connectivity index (χ0n) is 11.9. The Morgan fingerprint density at radius 2 is 2.00 bits per heavy atom. The lowest BCUT2D eigenvalue weighted by molar-refractivity contribution is 0.417. The van der Waals surface area contributed by atoms with Gasteiger partial charge in [-0.25, -0.2) is 0 Å².